The lowest BCUT2D eigenvalue weighted by molar-refractivity contribution is -0.346. The second-order valence-electron chi connectivity index (χ2n) is 8.50. The van der Waals surface area contributed by atoms with E-state index in [0.29, 0.717) is 13.2 Å². The van der Waals surface area contributed by atoms with Gasteiger partial charge in [-0.05, 0) is 19.8 Å². The molecule has 3 heterocycles. The Balaban J connectivity index is 1.38. The van der Waals surface area contributed by atoms with Crippen molar-refractivity contribution in [3.05, 3.63) is 84.4 Å². The molecule has 0 aromatic heterocycles. The monoisotopic (exact) mass is 438 g/mol. The Bertz CT molecular complexity index is 890. The van der Waals surface area contributed by atoms with Crippen LogP contribution in [0.2, 0.25) is 0 Å². The standard InChI is InChI=1S/C26H30O6/c1-3-4-11-16-27-25-23-22(31-26(2,32-23)19-14-9-6-10-15-19)21-20(29-25)17-28-24(30-21)18-12-7-5-8-13-18/h3,5-10,12-15,20-25H,1,4,11,16-17H2,2H3/t20?,21-,22-,23?,24?,25+,26?/m1/s1. The minimum atomic E-state index is -0.915. The Kier molecular flexibility index (Phi) is 6.42. The molecule has 3 aliphatic heterocycles. The number of hydrogen-bond donors (Lipinski definition) is 0. The molecule has 0 N–H and O–H groups in total. The number of allylic oxidation sites excluding steroid dienone is 1. The molecule has 6 nitrogen and oxygen atoms in total. The first-order valence-corrected chi connectivity index (χ1v) is 11.3. The van der Waals surface area contributed by atoms with Gasteiger partial charge in [-0.15, -0.1) is 6.58 Å². The lowest BCUT2D eigenvalue weighted by Gasteiger charge is -2.45. The molecule has 5 rings (SSSR count). The van der Waals surface area contributed by atoms with E-state index in [9.17, 15) is 0 Å². The van der Waals surface area contributed by atoms with Crippen molar-refractivity contribution in [2.75, 3.05) is 13.2 Å². The zero-order valence-corrected chi connectivity index (χ0v) is 18.3. The number of unbranched alkanes of at least 4 members (excludes halogenated alkanes) is 1. The summed E-state index contributed by atoms with van der Waals surface area (Å²) in [6, 6.07) is 19.9. The van der Waals surface area contributed by atoms with E-state index in [-0.39, 0.29) is 18.3 Å². The highest BCUT2D eigenvalue weighted by Crippen LogP contribution is 2.46. The molecule has 170 valence electrons. The van der Waals surface area contributed by atoms with Gasteiger partial charge in [0.1, 0.15) is 24.4 Å². The fraction of sp³-hybridized carbons (Fsp3) is 0.462. The van der Waals surface area contributed by atoms with Crippen LogP contribution in [-0.4, -0.2) is 43.9 Å². The molecule has 0 amide bonds. The molecular formula is C26H30O6. The fourth-order valence-electron chi connectivity index (χ4n) is 4.57. The quantitative estimate of drug-likeness (QED) is 0.470. The molecule has 3 aliphatic rings. The average Bonchev–Trinajstić information content (AvgIpc) is 3.22. The summed E-state index contributed by atoms with van der Waals surface area (Å²) in [7, 11) is 0. The summed E-state index contributed by atoms with van der Waals surface area (Å²) >= 11 is 0. The van der Waals surface area contributed by atoms with Crippen LogP contribution in [0.3, 0.4) is 0 Å². The Morgan fingerprint density at radius 1 is 0.969 bits per heavy atom. The summed E-state index contributed by atoms with van der Waals surface area (Å²) in [6.07, 6.45) is 1.21. The summed E-state index contributed by atoms with van der Waals surface area (Å²) < 4.78 is 37.8. The van der Waals surface area contributed by atoms with E-state index in [2.05, 4.69) is 6.58 Å². The first-order valence-electron chi connectivity index (χ1n) is 11.3. The van der Waals surface area contributed by atoms with E-state index in [4.69, 9.17) is 28.4 Å². The maximum absolute atomic E-state index is 6.57. The van der Waals surface area contributed by atoms with E-state index >= 15 is 0 Å². The average molecular weight is 439 g/mol. The van der Waals surface area contributed by atoms with E-state index < -0.39 is 24.5 Å². The van der Waals surface area contributed by atoms with Crippen LogP contribution in [0.4, 0.5) is 0 Å². The summed E-state index contributed by atoms with van der Waals surface area (Å²) in [5.74, 6) is -0.915. The Labute approximate surface area is 189 Å². The van der Waals surface area contributed by atoms with Crippen molar-refractivity contribution < 1.29 is 28.4 Å². The van der Waals surface area contributed by atoms with Gasteiger partial charge < -0.3 is 28.4 Å². The minimum Gasteiger partial charge on any atom is -0.350 e. The van der Waals surface area contributed by atoms with Crippen molar-refractivity contribution in [2.24, 2.45) is 0 Å². The Morgan fingerprint density at radius 3 is 2.44 bits per heavy atom. The van der Waals surface area contributed by atoms with E-state index in [1.54, 1.807) is 0 Å². The van der Waals surface area contributed by atoms with E-state index in [0.717, 1.165) is 24.0 Å². The SMILES string of the molecule is C=CCCCO[C@H]1OC2COC(c3ccccc3)O[C@H]2[C@H]2OC(C)(c3ccccc3)OC12. The van der Waals surface area contributed by atoms with E-state index in [1.807, 2.05) is 73.7 Å². The fourth-order valence-corrected chi connectivity index (χ4v) is 4.57. The second kappa shape index (κ2) is 9.43. The van der Waals surface area contributed by atoms with Crippen LogP contribution >= 0.6 is 0 Å². The highest BCUT2D eigenvalue weighted by molar-refractivity contribution is 5.22. The number of fused-ring (bicyclic) bond motifs is 3. The van der Waals surface area contributed by atoms with Crippen LogP contribution < -0.4 is 0 Å². The van der Waals surface area contributed by atoms with Crippen LogP contribution in [0.15, 0.2) is 73.3 Å². The number of benzene rings is 2. The third-order valence-electron chi connectivity index (χ3n) is 6.21. The first kappa shape index (κ1) is 21.8. The lowest BCUT2D eigenvalue weighted by atomic mass is 9.98. The third kappa shape index (κ3) is 4.27. The maximum Gasteiger partial charge on any atom is 0.193 e. The van der Waals surface area contributed by atoms with Gasteiger partial charge in [0.05, 0.1) is 13.2 Å². The van der Waals surface area contributed by atoms with Gasteiger partial charge in [0.2, 0.25) is 0 Å². The van der Waals surface area contributed by atoms with Crippen LogP contribution in [0.1, 0.15) is 37.2 Å². The molecule has 32 heavy (non-hydrogen) atoms. The molecule has 6 heteroatoms. The topological polar surface area (TPSA) is 55.4 Å². The van der Waals surface area contributed by atoms with Crippen LogP contribution in [-0.2, 0) is 34.2 Å². The molecule has 0 aliphatic carbocycles. The second-order valence-corrected chi connectivity index (χ2v) is 8.50. The summed E-state index contributed by atoms with van der Waals surface area (Å²) in [6.45, 7) is 6.66. The first-order chi connectivity index (χ1) is 15.7. The van der Waals surface area contributed by atoms with Crippen molar-refractivity contribution in [3.63, 3.8) is 0 Å². The molecule has 0 spiro atoms. The van der Waals surface area contributed by atoms with Crippen molar-refractivity contribution in [1.82, 2.24) is 0 Å². The van der Waals surface area contributed by atoms with Gasteiger partial charge in [0.15, 0.2) is 18.4 Å². The van der Waals surface area contributed by atoms with Gasteiger partial charge in [0.25, 0.3) is 0 Å². The lowest BCUT2D eigenvalue weighted by Crippen LogP contribution is -2.61. The van der Waals surface area contributed by atoms with Gasteiger partial charge >= 0.3 is 0 Å². The highest BCUT2D eigenvalue weighted by Gasteiger charge is 2.59. The number of ether oxygens (including phenoxy) is 6. The predicted molar refractivity (Wildman–Crippen MR) is 118 cm³/mol. The van der Waals surface area contributed by atoms with Gasteiger partial charge in [-0.1, -0.05) is 66.7 Å². The van der Waals surface area contributed by atoms with Gasteiger partial charge in [0, 0.05) is 11.1 Å². The molecule has 2 aromatic rings. The van der Waals surface area contributed by atoms with Crippen molar-refractivity contribution in [1.29, 1.82) is 0 Å². The van der Waals surface area contributed by atoms with Gasteiger partial charge in [-0.2, -0.15) is 0 Å². The maximum atomic E-state index is 6.57. The minimum absolute atomic E-state index is 0.303. The molecule has 2 aromatic carbocycles. The molecular weight excluding hydrogens is 408 g/mol. The molecule has 3 fully saturated rings. The van der Waals surface area contributed by atoms with Crippen molar-refractivity contribution in [3.8, 4) is 0 Å². The summed E-state index contributed by atoms with van der Waals surface area (Å²) in [4.78, 5) is 0. The molecule has 7 atom stereocenters. The molecule has 0 saturated carbocycles. The van der Waals surface area contributed by atoms with Crippen molar-refractivity contribution >= 4 is 0 Å². The molecule has 0 bridgehead atoms. The van der Waals surface area contributed by atoms with Crippen LogP contribution in [0.5, 0.6) is 0 Å². The van der Waals surface area contributed by atoms with Gasteiger partial charge in [-0.3, -0.25) is 0 Å². The third-order valence-corrected chi connectivity index (χ3v) is 6.21. The summed E-state index contributed by atoms with van der Waals surface area (Å²) in [5.41, 5.74) is 1.91. The Hall–Kier alpha value is -2.06. The highest BCUT2D eigenvalue weighted by atomic mass is 16.8. The Morgan fingerprint density at radius 2 is 1.69 bits per heavy atom. The molecule has 3 saturated heterocycles. The normalized spacial score (nSPS) is 36.3. The largest absolute Gasteiger partial charge is 0.350 e. The number of rotatable bonds is 7. The molecule has 4 unspecified atom stereocenters. The zero-order chi connectivity index (χ0) is 22.0. The predicted octanol–water partition coefficient (Wildman–Crippen LogP) is 4.47. The molecule has 0 radical (unpaired) electrons. The van der Waals surface area contributed by atoms with E-state index in [1.165, 1.54) is 0 Å². The van der Waals surface area contributed by atoms with Crippen LogP contribution in [0, 0.1) is 0 Å². The van der Waals surface area contributed by atoms with Crippen LogP contribution in [0.25, 0.3) is 0 Å². The summed E-state index contributed by atoms with van der Waals surface area (Å²) in [5, 5.41) is 0. The number of hydrogen-bond acceptors (Lipinski definition) is 6. The van der Waals surface area contributed by atoms with Gasteiger partial charge in [-0.25, -0.2) is 0 Å². The smallest absolute Gasteiger partial charge is 0.193 e. The zero-order valence-electron chi connectivity index (χ0n) is 18.3. The van der Waals surface area contributed by atoms with Crippen molar-refractivity contribution in [2.45, 2.75) is 62.5 Å².